The van der Waals surface area contributed by atoms with Gasteiger partial charge in [0.05, 0.1) is 6.04 Å². The molecule has 7 atom stereocenters. The molecule has 0 aromatic carbocycles. The van der Waals surface area contributed by atoms with Crippen LogP contribution in [0.25, 0.3) is 0 Å². The number of fused-ring (bicyclic) bond motifs is 1. The van der Waals surface area contributed by atoms with Gasteiger partial charge in [0.15, 0.2) is 0 Å². The summed E-state index contributed by atoms with van der Waals surface area (Å²) in [4.78, 5) is 86.5. The highest BCUT2D eigenvalue weighted by Crippen LogP contribution is 2.88. The molecule has 0 radical (unpaired) electrons. The van der Waals surface area contributed by atoms with Crippen molar-refractivity contribution in [1.82, 2.24) is 36.0 Å². The Morgan fingerprint density at radius 2 is 1.37 bits per heavy atom. The summed E-state index contributed by atoms with van der Waals surface area (Å²) >= 11 is 0. The number of amides is 5. The Hall–Kier alpha value is -3.62. The predicted octanol–water partition coefficient (Wildman–Crippen LogP) is 5.41. The lowest BCUT2D eigenvalue weighted by molar-refractivity contribution is -0.147. The number of nitrogens with one attached hydrogen (secondary N) is 4. The van der Waals surface area contributed by atoms with Gasteiger partial charge in [0.25, 0.3) is 0 Å². The third kappa shape index (κ3) is 10.0. The van der Waals surface area contributed by atoms with E-state index in [1.165, 1.54) is 0 Å². The van der Waals surface area contributed by atoms with Crippen molar-refractivity contribution in [2.24, 2.45) is 33.0 Å². The first-order valence-electron chi connectivity index (χ1n) is 24.8. The minimum absolute atomic E-state index is 0.0549. The molecule has 0 aromatic rings. The third-order valence-electron chi connectivity index (χ3n) is 17.9. The minimum Gasteiger partial charge on any atom is -0.381 e. The second-order valence-electron chi connectivity index (χ2n) is 21.1. The van der Waals surface area contributed by atoms with Crippen LogP contribution in [-0.4, -0.2) is 141 Å². The molecular formula is C51H87N7O7. The summed E-state index contributed by atoms with van der Waals surface area (Å²) in [5.41, 5.74) is -2.39. The number of carbonyl (C=O) groups is 6. The predicted molar refractivity (Wildman–Crippen MR) is 257 cm³/mol. The number of likely N-dealkylation sites (tertiary alicyclic amines) is 2. The second-order valence-corrected chi connectivity index (χ2v) is 21.1. The smallest absolute Gasteiger partial charge is 0.246 e. The Bertz CT molecular complexity index is 1680. The molecule has 3 heterocycles. The fraction of sp³-hybridized carbons (Fsp3) is 0.804. The maximum Gasteiger partial charge on any atom is 0.246 e. The van der Waals surface area contributed by atoms with Crippen molar-refractivity contribution in [1.29, 1.82) is 0 Å². The van der Waals surface area contributed by atoms with Crippen molar-refractivity contribution in [3.63, 3.8) is 0 Å². The first-order valence-corrected chi connectivity index (χ1v) is 24.8. The van der Waals surface area contributed by atoms with E-state index < -0.39 is 34.5 Å². The topological polar surface area (TPSA) is 169 Å². The van der Waals surface area contributed by atoms with E-state index in [2.05, 4.69) is 106 Å². The van der Waals surface area contributed by atoms with Gasteiger partial charge in [0.1, 0.15) is 30.5 Å². The summed E-state index contributed by atoms with van der Waals surface area (Å²) in [7, 11) is 3.68. The minimum atomic E-state index is -1.08. The average Bonchev–Trinajstić information content (AvgIpc) is 3.81. The van der Waals surface area contributed by atoms with Crippen LogP contribution in [-0.2, 0) is 33.5 Å². The van der Waals surface area contributed by atoms with E-state index in [0.717, 1.165) is 90.4 Å². The summed E-state index contributed by atoms with van der Waals surface area (Å²) < 4.78 is 5.73. The monoisotopic (exact) mass is 910 g/mol. The second kappa shape index (κ2) is 22.0. The maximum absolute atomic E-state index is 15.5. The average molecular weight is 910 g/mol. The Morgan fingerprint density at radius 1 is 0.769 bits per heavy atom. The van der Waals surface area contributed by atoms with E-state index in [4.69, 9.17) is 9.53 Å². The van der Waals surface area contributed by atoms with Crippen molar-refractivity contribution >= 4 is 36.3 Å². The number of ether oxygens (including phenoxy) is 1. The van der Waals surface area contributed by atoms with Crippen LogP contribution in [0, 0.1) is 33.0 Å². The van der Waals surface area contributed by atoms with Gasteiger partial charge in [-0.05, 0) is 114 Å². The fourth-order valence-electron chi connectivity index (χ4n) is 12.8. The zero-order valence-corrected chi connectivity index (χ0v) is 41.8. The third-order valence-corrected chi connectivity index (χ3v) is 17.9. The van der Waals surface area contributed by atoms with Crippen LogP contribution in [0.15, 0.2) is 25.8 Å². The lowest BCUT2D eigenvalue weighted by atomic mass is 9.69. The Balaban J connectivity index is 0.000000845. The van der Waals surface area contributed by atoms with Crippen LogP contribution >= 0.6 is 0 Å². The van der Waals surface area contributed by atoms with Gasteiger partial charge in [0.2, 0.25) is 29.5 Å². The van der Waals surface area contributed by atoms with Crippen molar-refractivity contribution < 1.29 is 33.5 Å². The molecular weight excluding hydrogens is 823 g/mol. The van der Waals surface area contributed by atoms with Gasteiger partial charge >= 0.3 is 0 Å². The number of hydrogen-bond acceptors (Lipinski definition) is 9. The van der Waals surface area contributed by atoms with Crippen LogP contribution in [0.5, 0.6) is 0 Å². The van der Waals surface area contributed by atoms with Crippen molar-refractivity contribution in [2.75, 3.05) is 60.0 Å². The first-order chi connectivity index (χ1) is 30.9. The Morgan fingerprint density at radius 3 is 1.85 bits per heavy atom. The van der Waals surface area contributed by atoms with Crippen molar-refractivity contribution in [3.05, 3.63) is 25.8 Å². The number of hydrogen-bond donors (Lipinski definition) is 4. The molecule has 0 bridgehead atoms. The summed E-state index contributed by atoms with van der Waals surface area (Å²) in [5.74, 6) is -1.47. The quantitative estimate of drug-likeness (QED) is 0.167. The molecule has 14 nitrogen and oxygen atoms in total. The van der Waals surface area contributed by atoms with Gasteiger partial charge in [-0.15, -0.1) is 19.7 Å². The van der Waals surface area contributed by atoms with Crippen LogP contribution < -0.4 is 21.3 Å². The first kappa shape index (κ1) is 54.0. The Kier molecular flexibility index (Phi) is 18.3. The molecule has 4 aliphatic carbocycles. The van der Waals surface area contributed by atoms with Gasteiger partial charge in [-0.2, -0.15) is 0 Å². The molecule has 0 aromatic heterocycles. The van der Waals surface area contributed by atoms with Crippen LogP contribution in [0.2, 0.25) is 0 Å². The van der Waals surface area contributed by atoms with Gasteiger partial charge in [-0.25, -0.2) is 0 Å². The van der Waals surface area contributed by atoms with Gasteiger partial charge < -0.3 is 40.6 Å². The Labute approximate surface area is 391 Å². The van der Waals surface area contributed by atoms with Crippen LogP contribution in [0.4, 0.5) is 0 Å². The SMILES string of the molecule is C=C.C=C[C@@H]1C[C@]1(NC(=O)[C@@H]1CC2(CN1C(=O)[C@@H](NC(=O)C(NC(=O)[C@@H]1CCCN1CC)C1(C)CCOCC1)C1(C)CCCCC1)C(C)(C)C21CCC1)C(=O)NC.C=O.CCN(C)CC. The summed E-state index contributed by atoms with van der Waals surface area (Å²) in [6.45, 7) is 32.4. The molecule has 2 unspecified atom stereocenters. The summed E-state index contributed by atoms with van der Waals surface area (Å²) in [6, 6.07) is -2.81. The standard InChI is InChI=1S/C43H68N6O6.C5H13N.C2H4.CH2O/c1-8-28-25-43(28,37(54)44-7)47-34(51)30-26-42(38(3,4)41(42)18-14-19-41)27-49(30)36(53)32(39(5)16-11-10-12-17-39)46-35(52)31(40(6)20-23-55-24-21-40)45-33(50)29-15-13-22-48(29)9-2;1-4-6(3)5-2;2*1-2/h8,28-32H,1,9-27H2,2-7H3,(H,44,54)(H,45,50)(H,46,52)(H,47,51);4-5H2,1-3H3;1-2H2;1H2/t28-,29+,30+,31?,32-,42?,43-;;;/m1.../s1. The van der Waals surface area contributed by atoms with Crippen LogP contribution in [0.1, 0.15) is 138 Å². The fourth-order valence-corrected chi connectivity index (χ4v) is 12.8. The van der Waals surface area contributed by atoms with E-state index in [1.807, 2.05) is 6.79 Å². The number of rotatable bonds is 14. The number of carbonyl (C=O) groups excluding carboxylic acids is 6. The molecule has 7 aliphatic rings. The van der Waals surface area contributed by atoms with E-state index in [0.29, 0.717) is 45.4 Å². The van der Waals surface area contributed by atoms with E-state index in [-0.39, 0.29) is 57.7 Å². The zero-order chi connectivity index (χ0) is 48.6. The summed E-state index contributed by atoms with van der Waals surface area (Å²) in [6.07, 6.45) is 13.4. The van der Waals surface area contributed by atoms with Crippen molar-refractivity contribution in [2.45, 2.75) is 168 Å². The molecule has 2 spiro atoms. The molecule has 5 amide bonds. The summed E-state index contributed by atoms with van der Waals surface area (Å²) in [5, 5.41) is 12.4. The lowest BCUT2D eigenvalue weighted by Crippen LogP contribution is -2.65. The van der Waals surface area contributed by atoms with E-state index >= 15 is 4.79 Å². The maximum atomic E-state index is 15.5. The molecule has 14 heteroatoms. The van der Waals surface area contributed by atoms with Crippen LogP contribution in [0.3, 0.4) is 0 Å². The number of likely N-dealkylation sites (N-methyl/N-ethyl adjacent to an activating group) is 2. The lowest BCUT2D eigenvalue weighted by Gasteiger charge is -2.45. The molecule has 4 N–H and O–H groups in total. The molecule has 4 saturated carbocycles. The largest absolute Gasteiger partial charge is 0.381 e. The van der Waals surface area contributed by atoms with Gasteiger partial charge in [-0.3, -0.25) is 28.9 Å². The van der Waals surface area contributed by atoms with E-state index in [9.17, 15) is 19.2 Å². The molecule has 368 valence electrons. The molecule has 65 heavy (non-hydrogen) atoms. The van der Waals surface area contributed by atoms with Crippen molar-refractivity contribution in [3.8, 4) is 0 Å². The molecule has 3 aliphatic heterocycles. The molecule has 7 rings (SSSR count). The highest BCUT2D eigenvalue weighted by Gasteiger charge is 2.85. The highest BCUT2D eigenvalue weighted by atomic mass is 16.5. The van der Waals surface area contributed by atoms with Gasteiger partial charge in [-0.1, -0.05) is 80.2 Å². The normalized spacial score (nSPS) is 30.6. The highest BCUT2D eigenvalue weighted by molar-refractivity contribution is 5.99. The number of nitrogens with zero attached hydrogens (tertiary/aromatic N) is 3. The van der Waals surface area contributed by atoms with Gasteiger partial charge in [0, 0.05) is 43.6 Å². The van der Waals surface area contributed by atoms with E-state index in [1.54, 1.807) is 18.0 Å². The molecule has 3 saturated heterocycles. The molecule has 7 fully saturated rings. The zero-order valence-electron chi connectivity index (χ0n) is 41.8.